The summed E-state index contributed by atoms with van der Waals surface area (Å²) in [5.41, 5.74) is 0.326. The first-order valence-corrected chi connectivity index (χ1v) is 7.43. The Morgan fingerprint density at radius 1 is 1.24 bits per heavy atom. The van der Waals surface area contributed by atoms with E-state index >= 15 is 0 Å². The average molecular weight is 351 g/mol. The number of benzene rings is 2. The molecule has 7 heteroatoms. The molecular weight excluding hydrogens is 335 g/mol. The highest BCUT2D eigenvalue weighted by Gasteiger charge is 2.31. The van der Waals surface area contributed by atoms with Gasteiger partial charge >= 0.3 is 12.1 Å². The van der Waals surface area contributed by atoms with E-state index in [9.17, 15) is 18.0 Å². The normalized spacial score (nSPS) is 13.0. The number of carboxylic acid groups (broad SMARTS) is 1. The summed E-state index contributed by atoms with van der Waals surface area (Å²) in [6, 6.07) is 11.3. The van der Waals surface area contributed by atoms with Crippen molar-refractivity contribution in [3.63, 3.8) is 0 Å². The lowest BCUT2D eigenvalue weighted by atomic mass is 9.94. The van der Waals surface area contributed by atoms with E-state index < -0.39 is 23.8 Å². The fourth-order valence-corrected chi connectivity index (χ4v) is 2.41. The SMILES string of the molecule is CC=NOC(c1cccc(C(F)(F)F)c1)c1ccccc1CC(=O)O. The van der Waals surface area contributed by atoms with Gasteiger partial charge in [-0.15, -0.1) is 0 Å². The van der Waals surface area contributed by atoms with E-state index in [1.54, 1.807) is 31.2 Å². The Morgan fingerprint density at radius 3 is 2.60 bits per heavy atom. The van der Waals surface area contributed by atoms with Crippen molar-refractivity contribution < 1.29 is 27.9 Å². The van der Waals surface area contributed by atoms with Gasteiger partial charge in [0.2, 0.25) is 0 Å². The molecule has 0 aromatic heterocycles. The molecule has 0 amide bonds. The van der Waals surface area contributed by atoms with Crippen LogP contribution in [0.1, 0.15) is 35.3 Å². The van der Waals surface area contributed by atoms with Gasteiger partial charge in [-0.2, -0.15) is 13.2 Å². The number of aliphatic carboxylic acids is 1. The van der Waals surface area contributed by atoms with E-state index in [1.807, 2.05) is 0 Å². The lowest BCUT2D eigenvalue weighted by Crippen LogP contribution is -2.11. The molecule has 0 aliphatic rings. The van der Waals surface area contributed by atoms with Crippen LogP contribution in [-0.4, -0.2) is 17.3 Å². The first-order valence-electron chi connectivity index (χ1n) is 7.43. The molecule has 2 aromatic carbocycles. The zero-order valence-electron chi connectivity index (χ0n) is 13.3. The Hall–Kier alpha value is -2.83. The maximum Gasteiger partial charge on any atom is 0.416 e. The number of nitrogens with zero attached hydrogens (tertiary/aromatic N) is 1. The lowest BCUT2D eigenvalue weighted by molar-refractivity contribution is -0.138. The van der Waals surface area contributed by atoms with E-state index in [0.717, 1.165) is 12.1 Å². The third kappa shape index (κ3) is 4.82. The maximum absolute atomic E-state index is 13.0. The summed E-state index contributed by atoms with van der Waals surface area (Å²) in [5.74, 6) is -1.05. The third-order valence-corrected chi connectivity index (χ3v) is 3.47. The summed E-state index contributed by atoms with van der Waals surface area (Å²) < 4.78 is 39.0. The van der Waals surface area contributed by atoms with Gasteiger partial charge in [0.1, 0.15) is 0 Å². The van der Waals surface area contributed by atoms with Crippen molar-refractivity contribution in [1.82, 2.24) is 0 Å². The molecule has 2 aromatic rings. The van der Waals surface area contributed by atoms with Crippen molar-refractivity contribution in [3.8, 4) is 0 Å². The molecule has 0 saturated carbocycles. The van der Waals surface area contributed by atoms with Crippen LogP contribution in [0, 0.1) is 0 Å². The molecule has 0 spiro atoms. The monoisotopic (exact) mass is 351 g/mol. The maximum atomic E-state index is 13.0. The van der Waals surface area contributed by atoms with Gasteiger partial charge in [0.15, 0.2) is 6.10 Å². The molecule has 0 saturated heterocycles. The average Bonchev–Trinajstić information content (AvgIpc) is 2.55. The van der Waals surface area contributed by atoms with Gasteiger partial charge < -0.3 is 9.94 Å². The van der Waals surface area contributed by atoms with Gasteiger partial charge in [-0.25, -0.2) is 0 Å². The highest BCUT2D eigenvalue weighted by molar-refractivity contribution is 5.71. The van der Waals surface area contributed by atoms with Gasteiger partial charge in [0.05, 0.1) is 12.0 Å². The van der Waals surface area contributed by atoms with E-state index in [4.69, 9.17) is 9.94 Å². The molecule has 0 radical (unpaired) electrons. The number of carbonyl (C=O) groups is 1. The van der Waals surface area contributed by atoms with Gasteiger partial charge in [0.25, 0.3) is 0 Å². The quantitative estimate of drug-likeness (QED) is 0.618. The zero-order valence-corrected chi connectivity index (χ0v) is 13.3. The van der Waals surface area contributed by atoms with Crippen LogP contribution in [0.3, 0.4) is 0 Å². The zero-order chi connectivity index (χ0) is 18.4. The molecule has 1 unspecified atom stereocenters. The number of hydrogen-bond acceptors (Lipinski definition) is 3. The van der Waals surface area contributed by atoms with Crippen LogP contribution < -0.4 is 0 Å². The molecule has 4 nitrogen and oxygen atoms in total. The van der Waals surface area contributed by atoms with Crippen molar-refractivity contribution in [2.24, 2.45) is 5.16 Å². The summed E-state index contributed by atoms with van der Waals surface area (Å²) in [5, 5.41) is 12.7. The topological polar surface area (TPSA) is 58.9 Å². The Kier molecular flexibility index (Phi) is 5.80. The van der Waals surface area contributed by atoms with Gasteiger partial charge in [0, 0.05) is 17.3 Å². The van der Waals surface area contributed by atoms with E-state index in [2.05, 4.69) is 5.16 Å². The van der Waals surface area contributed by atoms with Crippen molar-refractivity contribution >= 4 is 12.2 Å². The number of rotatable bonds is 6. The van der Waals surface area contributed by atoms with Crippen molar-refractivity contribution in [2.75, 3.05) is 0 Å². The summed E-state index contributed by atoms with van der Waals surface area (Å²) in [7, 11) is 0. The van der Waals surface area contributed by atoms with E-state index in [1.165, 1.54) is 18.3 Å². The summed E-state index contributed by atoms with van der Waals surface area (Å²) >= 11 is 0. The minimum Gasteiger partial charge on any atom is -0.481 e. The Balaban J connectivity index is 2.53. The molecule has 2 rings (SSSR count). The summed E-state index contributed by atoms with van der Waals surface area (Å²) in [6.07, 6.45) is -4.35. The predicted octanol–water partition coefficient (Wildman–Crippen LogP) is 4.44. The van der Waals surface area contributed by atoms with E-state index in [-0.39, 0.29) is 12.0 Å². The van der Waals surface area contributed by atoms with Crippen LogP contribution in [0.2, 0.25) is 0 Å². The van der Waals surface area contributed by atoms with Crippen molar-refractivity contribution in [2.45, 2.75) is 25.6 Å². The number of hydrogen-bond donors (Lipinski definition) is 1. The minimum atomic E-state index is -4.49. The number of halogens is 3. The number of alkyl halides is 3. The first kappa shape index (κ1) is 18.5. The Labute approximate surface area is 142 Å². The molecule has 25 heavy (non-hydrogen) atoms. The fraction of sp³-hybridized carbons (Fsp3) is 0.222. The highest BCUT2D eigenvalue weighted by atomic mass is 19.4. The predicted molar refractivity (Wildman–Crippen MR) is 86.3 cm³/mol. The summed E-state index contributed by atoms with van der Waals surface area (Å²) in [6.45, 7) is 1.60. The molecule has 0 fully saturated rings. The largest absolute Gasteiger partial charge is 0.481 e. The van der Waals surface area contributed by atoms with Crippen LogP contribution >= 0.6 is 0 Å². The Morgan fingerprint density at radius 2 is 1.96 bits per heavy atom. The smallest absolute Gasteiger partial charge is 0.416 e. The lowest BCUT2D eigenvalue weighted by Gasteiger charge is -2.20. The molecule has 0 heterocycles. The highest BCUT2D eigenvalue weighted by Crippen LogP contribution is 2.34. The first-order chi connectivity index (χ1) is 11.8. The van der Waals surface area contributed by atoms with Gasteiger partial charge in [-0.3, -0.25) is 4.79 Å². The van der Waals surface area contributed by atoms with Crippen LogP contribution in [0.25, 0.3) is 0 Å². The van der Waals surface area contributed by atoms with E-state index in [0.29, 0.717) is 11.1 Å². The second-order valence-electron chi connectivity index (χ2n) is 5.24. The third-order valence-electron chi connectivity index (χ3n) is 3.47. The second-order valence-corrected chi connectivity index (χ2v) is 5.24. The van der Waals surface area contributed by atoms with Crippen LogP contribution in [0.5, 0.6) is 0 Å². The standard InChI is InChI=1S/C18H16F3NO3/c1-2-22-25-17(13-7-5-8-14(10-13)18(19,20)21)15-9-4-3-6-12(15)11-16(23)24/h2-10,17H,11H2,1H3,(H,23,24). The number of oxime groups is 1. The van der Waals surface area contributed by atoms with Crippen LogP contribution in [0.4, 0.5) is 13.2 Å². The molecule has 0 aliphatic heterocycles. The van der Waals surface area contributed by atoms with Gasteiger partial charge in [-0.1, -0.05) is 41.6 Å². The van der Waals surface area contributed by atoms with Crippen molar-refractivity contribution in [1.29, 1.82) is 0 Å². The molecular formula is C18H16F3NO3. The molecule has 0 bridgehead atoms. The minimum absolute atomic E-state index is 0.235. The molecule has 1 N–H and O–H groups in total. The Bertz CT molecular complexity index is 772. The molecule has 132 valence electrons. The van der Waals surface area contributed by atoms with Crippen LogP contribution in [-0.2, 0) is 22.2 Å². The second kappa shape index (κ2) is 7.83. The number of carboxylic acids is 1. The van der Waals surface area contributed by atoms with Gasteiger partial charge in [-0.05, 0) is 24.6 Å². The molecule has 0 aliphatic carbocycles. The van der Waals surface area contributed by atoms with Crippen molar-refractivity contribution in [3.05, 3.63) is 70.8 Å². The van der Waals surface area contributed by atoms with Crippen LogP contribution in [0.15, 0.2) is 53.7 Å². The fourth-order valence-electron chi connectivity index (χ4n) is 2.41. The molecule has 1 atom stereocenters. The summed E-state index contributed by atoms with van der Waals surface area (Å²) in [4.78, 5) is 16.4.